The standard InChI is InChI=1S/C28H30IN5O4/c1-15-19-10-20-21(11-22(19)38-25(36)23(15)24(30)35)33(14-16-7-6-8-18(29)9-16)26(32-20)31-13-17-12-27(2,3)34(37)28(17,4)5/h6-12,37H,13-14H2,1-5H3,(H2,30,35)(H,31,32)/p+1. The summed E-state index contributed by atoms with van der Waals surface area (Å²) >= 11 is 2.29. The number of imidazole rings is 1. The van der Waals surface area contributed by atoms with Gasteiger partial charge in [-0.05, 0) is 92.1 Å². The number of benzene rings is 2. The van der Waals surface area contributed by atoms with Gasteiger partial charge in [0.15, 0.2) is 0 Å². The van der Waals surface area contributed by atoms with Gasteiger partial charge < -0.3 is 25.2 Å². The molecule has 0 saturated carbocycles. The van der Waals surface area contributed by atoms with Crippen LogP contribution in [-0.4, -0.2) is 43.4 Å². The quantitative estimate of drug-likeness (QED) is 0.144. The molecule has 0 radical (unpaired) electrons. The predicted molar refractivity (Wildman–Crippen MR) is 157 cm³/mol. The van der Waals surface area contributed by atoms with Crippen LogP contribution in [0.2, 0.25) is 0 Å². The van der Waals surface area contributed by atoms with E-state index in [1.54, 1.807) is 18.1 Å². The molecule has 0 unspecified atom stereocenters. The van der Waals surface area contributed by atoms with E-state index in [-0.39, 0.29) is 11.1 Å². The molecule has 2 aromatic carbocycles. The Hall–Kier alpha value is -3.22. The molecule has 0 atom stereocenters. The monoisotopic (exact) mass is 628 g/mol. The van der Waals surface area contributed by atoms with Crippen molar-refractivity contribution < 1.29 is 14.4 Å². The first kappa shape index (κ1) is 26.4. The van der Waals surface area contributed by atoms with Gasteiger partial charge in [-0.2, -0.15) is 0 Å². The first-order chi connectivity index (χ1) is 17.8. The molecule has 1 aliphatic rings. The Bertz CT molecular complexity index is 1700. The third kappa shape index (κ3) is 4.40. The number of aryl methyl sites for hydroxylation is 1. The minimum Gasteiger partial charge on any atom is -0.422 e. The highest BCUT2D eigenvalue weighted by Crippen LogP contribution is 2.38. The molecule has 5 rings (SSSR count). The van der Waals surface area contributed by atoms with Crippen LogP contribution in [0.25, 0.3) is 22.0 Å². The largest absolute Gasteiger partial charge is 0.422 e. The molecule has 0 fully saturated rings. The van der Waals surface area contributed by atoms with Gasteiger partial charge in [0.05, 0.1) is 17.6 Å². The molecule has 4 aromatic rings. The van der Waals surface area contributed by atoms with Crippen molar-refractivity contribution >= 4 is 56.4 Å². The smallest absolute Gasteiger partial charge is 0.349 e. The maximum Gasteiger partial charge on any atom is 0.349 e. The molecule has 0 bridgehead atoms. The van der Waals surface area contributed by atoms with Crippen LogP contribution in [-0.2, 0) is 6.54 Å². The minimum absolute atomic E-state index is 0.147. The number of nitrogens with zero attached hydrogens (tertiary/aromatic N) is 3. The summed E-state index contributed by atoms with van der Waals surface area (Å²) in [5, 5.41) is 14.3. The lowest BCUT2D eigenvalue weighted by Gasteiger charge is -2.31. The SMILES string of the molecule is Cc1c(C(N)=O)c(=O)oc2cc3c(cc12)nc(NCC1=CC(C)(C)N([OH2+])C1(C)C)n3Cc1cccc(I)c1. The number of primary amides is 1. The average Bonchev–Trinajstić information content (AvgIpc) is 3.23. The van der Waals surface area contributed by atoms with Gasteiger partial charge >= 0.3 is 5.63 Å². The van der Waals surface area contributed by atoms with E-state index in [2.05, 4.69) is 50.7 Å². The number of nitrogens with two attached hydrogens (primary N) is 1. The summed E-state index contributed by atoms with van der Waals surface area (Å²) in [5.74, 6) is -0.161. The zero-order valence-corrected chi connectivity index (χ0v) is 24.1. The summed E-state index contributed by atoms with van der Waals surface area (Å²) in [5.41, 5.74) is 8.25. The molecule has 3 heterocycles. The number of carbonyl (C=O) groups excluding carboxylic acids is 1. The molecule has 0 spiro atoms. The van der Waals surface area contributed by atoms with Crippen molar-refractivity contribution in [2.75, 3.05) is 11.9 Å². The molecule has 198 valence electrons. The number of halogens is 1. The average molecular weight is 628 g/mol. The Labute approximate surface area is 233 Å². The number of aromatic nitrogens is 2. The molecule has 38 heavy (non-hydrogen) atoms. The normalized spacial score (nSPS) is 16.8. The molecular formula is C28H31IN5O4+. The molecule has 0 aliphatic carbocycles. The number of amides is 1. The van der Waals surface area contributed by atoms with E-state index in [4.69, 9.17) is 20.3 Å². The number of hydroxylamine groups is 2. The Morgan fingerprint density at radius 2 is 1.95 bits per heavy atom. The second-order valence-electron chi connectivity index (χ2n) is 10.8. The van der Waals surface area contributed by atoms with Crippen LogP contribution in [0.5, 0.6) is 0 Å². The maximum absolute atomic E-state index is 12.5. The van der Waals surface area contributed by atoms with E-state index in [1.165, 1.54) is 0 Å². The van der Waals surface area contributed by atoms with E-state index >= 15 is 0 Å². The van der Waals surface area contributed by atoms with Crippen molar-refractivity contribution in [3.63, 3.8) is 0 Å². The summed E-state index contributed by atoms with van der Waals surface area (Å²) in [7, 11) is 0. The highest BCUT2D eigenvalue weighted by molar-refractivity contribution is 14.1. The Morgan fingerprint density at radius 1 is 1.21 bits per heavy atom. The first-order valence-electron chi connectivity index (χ1n) is 12.3. The van der Waals surface area contributed by atoms with Gasteiger partial charge in [0, 0.05) is 21.6 Å². The topological polar surface area (TPSA) is 129 Å². The summed E-state index contributed by atoms with van der Waals surface area (Å²) in [6, 6.07) is 11.9. The van der Waals surface area contributed by atoms with Crippen molar-refractivity contribution in [3.05, 3.63) is 78.7 Å². The van der Waals surface area contributed by atoms with Gasteiger partial charge in [0.2, 0.25) is 5.95 Å². The van der Waals surface area contributed by atoms with Crippen LogP contribution in [0.4, 0.5) is 5.95 Å². The third-order valence-corrected chi connectivity index (χ3v) is 8.07. The van der Waals surface area contributed by atoms with Gasteiger partial charge in [-0.15, -0.1) is 0 Å². The molecule has 10 heteroatoms. The summed E-state index contributed by atoms with van der Waals surface area (Å²) in [6.07, 6.45) is 2.14. The van der Waals surface area contributed by atoms with E-state index in [0.717, 1.165) is 20.2 Å². The first-order valence-corrected chi connectivity index (χ1v) is 13.4. The number of hydrogen-bond acceptors (Lipinski definition) is 6. The van der Waals surface area contributed by atoms with E-state index in [9.17, 15) is 9.59 Å². The fourth-order valence-electron chi connectivity index (χ4n) is 5.34. The van der Waals surface area contributed by atoms with Crippen LogP contribution >= 0.6 is 22.6 Å². The lowest BCUT2D eigenvalue weighted by Crippen LogP contribution is -2.48. The van der Waals surface area contributed by atoms with Crippen molar-refractivity contribution in [1.29, 1.82) is 0 Å². The molecule has 2 aromatic heterocycles. The lowest BCUT2D eigenvalue weighted by atomic mass is 9.96. The molecule has 0 saturated heterocycles. The number of anilines is 1. The van der Waals surface area contributed by atoms with Crippen molar-refractivity contribution in [2.24, 2.45) is 5.73 Å². The van der Waals surface area contributed by atoms with Gasteiger partial charge in [-0.25, -0.2) is 9.78 Å². The third-order valence-electron chi connectivity index (χ3n) is 7.40. The van der Waals surface area contributed by atoms with Crippen molar-refractivity contribution in [3.8, 4) is 0 Å². The molecular weight excluding hydrogens is 597 g/mol. The zero-order chi connectivity index (χ0) is 27.6. The van der Waals surface area contributed by atoms with Gasteiger partial charge in [0.25, 0.3) is 5.91 Å². The number of fused-ring (bicyclic) bond motifs is 2. The summed E-state index contributed by atoms with van der Waals surface area (Å²) in [6.45, 7) is 10.9. The Balaban J connectivity index is 1.64. The van der Waals surface area contributed by atoms with E-state index < -0.39 is 17.1 Å². The number of rotatable bonds is 6. The maximum atomic E-state index is 12.5. The Kier molecular flexibility index (Phi) is 6.40. The Morgan fingerprint density at radius 3 is 2.58 bits per heavy atom. The lowest BCUT2D eigenvalue weighted by molar-refractivity contribution is -0.185. The van der Waals surface area contributed by atoms with Crippen LogP contribution < -0.4 is 16.7 Å². The van der Waals surface area contributed by atoms with Crippen LogP contribution in [0.15, 0.2) is 57.3 Å². The number of hydrogen-bond donors (Lipinski definition) is 2. The highest BCUT2D eigenvalue weighted by atomic mass is 127. The predicted octanol–water partition coefficient (Wildman–Crippen LogP) is 4.05. The minimum atomic E-state index is -0.816. The summed E-state index contributed by atoms with van der Waals surface area (Å²) < 4.78 is 8.71. The molecule has 1 aliphatic heterocycles. The van der Waals surface area contributed by atoms with Crippen LogP contribution in [0.1, 0.15) is 49.2 Å². The van der Waals surface area contributed by atoms with Crippen LogP contribution in [0.3, 0.4) is 0 Å². The van der Waals surface area contributed by atoms with Crippen molar-refractivity contribution in [1.82, 2.24) is 14.6 Å². The van der Waals surface area contributed by atoms with E-state index in [0.29, 0.717) is 41.1 Å². The second kappa shape index (κ2) is 9.21. The van der Waals surface area contributed by atoms with Gasteiger partial charge in [-0.1, -0.05) is 23.3 Å². The zero-order valence-electron chi connectivity index (χ0n) is 22.0. The van der Waals surface area contributed by atoms with Gasteiger partial charge in [0.1, 0.15) is 22.2 Å². The van der Waals surface area contributed by atoms with Gasteiger partial charge in [-0.3, -0.25) is 4.79 Å². The molecule has 1 amide bonds. The highest BCUT2D eigenvalue weighted by Gasteiger charge is 2.48. The van der Waals surface area contributed by atoms with Crippen molar-refractivity contribution in [2.45, 2.75) is 52.2 Å². The fraction of sp³-hybridized carbons (Fsp3) is 0.321. The summed E-state index contributed by atoms with van der Waals surface area (Å²) in [4.78, 5) is 29.3. The fourth-order valence-corrected chi connectivity index (χ4v) is 5.95. The van der Waals surface area contributed by atoms with E-state index in [1.807, 2.05) is 45.9 Å². The second-order valence-corrected chi connectivity index (χ2v) is 12.1. The van der Waals surface area contributed by atoms with Crippen LogP contribution in [0, 0.1) is 10.5 Å². The molecule has 5 N–H and O–H groups in total. The molecule has 9 nitrogen and oxygen atoms in total. The number of nitrogens with one attached hydrogen (secondary N) is 1. The number of carbonyl (C=O) groups is 1.